The molecule has 0 aromatic carbocycles. The fourth-order valence-electron chi connectivity index (χ4n) is 0. The van der Waals surface area contributed by atoms with Gasteiger partial charge in [0, 0.05) is 27.3 Å². The molecule has 0 aromatic rings. The molecule has 4 radical (unpaired) electrons. The van der Waals surface area contributed by atoms with Gasteiger partial charge >= 0.3 is 0 Å². The summed E-state index contributed by atoms with van der Waals surface area (Å²) in [6, 6.07) is 0. The van der Waals surface area contributed by atoms with Crippen molar-refractivity contribution in [2.45, 2.75) is 0 Å². The van der Waals surface area contributed by atoms with Crippen LogP contribution in [0.25, 0.3) is 0 Å². The summed E-state index contributed by atoms with van der Waals surface area (Å²) in [5.74, 6) is 0. The van der Waals surface area contributed by atoms with Gasteiger partial charge in [-0.05, 0) is 0 Å². The van der Waals surface area contributed by atoms with Crippen LogP contribution in [0.1, 0.15) is 0 Å². The third-order valence-corrected chi connectivity index (χ3v) is 0. The Morgan fingerprint density at radius 2 is 1.00 bits per heavy atom. The second-order valence-corrected chi connectivity index (χ2v) is 0.289. The van der Waals surface area contributed by atoms with Crippen molar-refractivity contribution in [3.05, 3.63) is 0 Å². The molecule has 0 spiro atoms. The molecule has 6 heavy (non-hydrogen) atoms. The van der Waals surface area contributed by atoms with Gasteiger partial charge in [-0.1, -0.05) is 0 Å². The smallest absolute Gasteiger partial charge is 0 e. The van der Waals surface area contributed by atoms with E-state index < -0.39 is 7.32 Å². The van der Waals surface area contributed by atoms with E-state index in [2.05, 4.69) is 0 Å². The average Bonchev–Trinajstić information content (AvgIpc) is 0.811. The quantitative estimate of drug-likeness (QED) is 0.416. The molecule has 0 rings (SSSR count). The van der Waals surface area contributed by atoms with Crippen LogP contribution in [0.3, 0.4) is 0 Å². The normalized spacial score (nSPS) is 4.50. The van der Waals surface area contributed by atoms with E-state index in [1.807, 2.05) is 0 Å². The Morgan fingerprint density at radius 1 is 1.00 bits per heavy atom. The molecule has 0 aliphatic heterocycles. The van der Waals surface area contributed by atoms with Crippen molar-refractivity contribution in [1.82, 2.24) is 0 Å². The van der Waals surface area contributed by atoms with Gasteiger partial charge in [-0.3, -0.25) is 7.32 Å². The summed E-state index contributed by atoms with van der Waals surface area (Å²) in [6.07, 6.45) is 0. The molecule has 0 fully saturated rings. The van der Waals surface area contributed by atoms with Crippen LogP contribution in [0.5, 0.6) is 0 Å². The summed E-state index contributed by atoms with van der Waals surface area (Å²) in [5, 5.41) is 25.2. The first kappa shape index (κ1) is 15.8. The van der Waals surface area contributed by atoms with Crippen molar-refractivity contribution >= 4 is 34.6 Å². The molecule has 0 unspecified atom stereocenters. The molecule has 0 atom stereocenters. The number of hydrogen-bond donors (Lipinski definition) is 0. The van der Waals surface area contributed by atoms with Crippen LogP contribution in [-0.2, 0) is 0 Å². The van der Waals surface area contributed by atoms with Crippen molar-refractivity contribution in [2.75, 3.05) is 0 Å². The molecule has 0 aliphatic carbocycles. The van der Waals surface area contributed by atoms with Crippen LogP contribution in [0, 0.1) is 0 Å². The van der Waals surface area contributed by atoms with Crippen molar-refractivity contribution in [2.24, 2.45) is 0 Å². The topological polar surface area (TPSA) is 101 Å². The van der Waals surface area contributed by atoms with Crippen LogP contribution < -0.4 is 15.1 Å². The minimum Gasteiger partial charge on any atom is -0.907 e. The largest absolute Gasteiger partial charge is 0.907 e. The second kappa shape index (κ2) is 9.27. The number of rotatable bonds is 0. The molecule has 2 N–H and O–H groups in total. The maximum Gasteiger partial charge on any atom is 0 e. The van der Waals surface area contributed by atoms with E-state index in [4.69, 9.17) is 15.1 Å². The zero-order chi connectivity index (χ0) is 3.58. The summed E-state index contributed by atoms with van der Waals surface area (Å²) in [4.78, 5) is 0. The molecule has 0 amide bonds. The molecule has 36 valence electrons. The van der Waals surface area contributed by atoms with Crippen LogP contribution in [0.4, 0.5) is 0 Å². The van der Waals surface area contributed by atoms with Gasteiger partial charge in [0.2, 0.25) is 0 Å². The third kappa shape index (κ3) is 103. The van der Waals surface area contributed by atoms with Gasteiger partial charge in [-0.2, -0.15) is 0 Å². The summed E-state index contributed by atoms with van der Waals surface area (Å²) in [6.45, 7) is 0. The Hall–Kier alpha value is 0.827. The Bertz CT molecular complexity index is 12.3. The minimum absolute atomic E-state index is 0. The second-order valence-electron chi connectivity index (χ2n) is 0.289. The molecule has 0 saturated carbocycles. The zero-order valence-corrected chi connectivity index (χ0v) is 6.69. The van der Waals surface area contributed by atoms with E-state index in [1.165, 1.54) is 0 Å². The van der Waals surface area contributed by atoms with Gasteiger partial charge < -0.3 is 20.5 Å². The molecule has 0 heterocycles. The molecule has 4 nitrogen and oxygen atoms in total. The van der Waals surface area contributed by atoms with Crippen molar-refractivity contribution in [3.8, 4) is 0 Å². The Balaban J connectivity index is -0.0000000450. The maximum atomic E-state index is 8.42. The summed E-state index contributed by atoms with van der Waals surface area (Å²) in [7, 11) is -2.92. The van der Waals surface area contributed by atoms with E-state index in [0.29, 0.717) is 0 Å². The van der Waals surface area contributed by atoms with Crippen LogP contribution in [0.15, 0.2) is 0 Å². The molecule has 0 aliphatic rings. The first-order valence-electron chi connectivity index (χ1n) is 0.707. The first-order valence-corrected chi connectivity index (χ1v) is 0.707. The fraction of sp³-hybridized carbons (Fsp3) is 0. The summed E-state index contributed by atoms with van der Waals surface area (Å²) < 4.78 is 0. The molecule has 0 aromatic heterocycles. The van der Waals surface area contributed by atoms with E-state index >= 15 is 0 Å². The molecule has 0 bridgehead atoms. The minimum atomic E-state index is -2.92. The molecular weight excluding hydrogens is 282 g/mol. The molecule has 0 saturated heterocycles. The van der Waals surface area contributed by atoms with Gasteiger partial charge in [0.05, 0.1) is 0 Å². The zero-order valence-electron chi connectivity index (χ0n) is 2.80. The van der Waals surface area contributed by atoms with Gasteiger partial charge in [-0.15, -0.1) is 0 Å². The van der Waals surface area contributed by atoms with Crippen molar-refractivity contribution in [3.63, 3.8) is 0 Å². The van der Waals surface area contributed by atoms with Crippen molar-refractivity contribution in [1.29, 1.82) is 0 Å². The third-order valence-electron chi connectivity index (χ3n) is 0. The monoisotopic (exact) mass is 285 g/mol. The van der Waals surface area contributed by atoms with Crippen molar-refractivity contribution < 1.29 is 20.5 Å². The van der Waals surface area contributed by atoms with E-state index in [-0.39, 0.29) is 32.8 Å². The van der Waals surface area contributed by atoms with Gasteiger partial charge in [0.25, 0.3) is 0 Å². The van der Waals surface area contributed by atoms with Gasteiger partial charge in [-0.25, -0.2) is 0 Å². The van der Waals surface area contributed by atoms with Crippen LogP contribution in [-0.4, -0.2) is 40.1 Å². The first-order chi connectivity index (χ1) is 1.73. The standard InChI is InChI=1S/BO3.H2O.Pb/c2-1(3)4;;/h;1H2;/q-3;;. The van der Waals surface area contributed by atoms with Crippen LogP contribution in [0.2, 0.25) is 0 Å². The summed E-state index contributed by atoms with van der Waals surface area (Å²) >= 11 is 0. The predicted molar refractivity (Wildman–Crippen MR) is 15.1 cm³/mol. The van der Waals surface area contributed by atoms with Gasteiger partial charge in [0.15, 0.2) is 0 Å². The fourth-order valence-corrected chi connectivity index (χ4v) is 0. The molecule has 6 heteroatoms. The molecular formula is H2BO4Pb-3. The SMILES string of the molecule is O.[O-]B([O-])[O-].[Pb]. The van der Waals surface area contributed by atoms with E-state index in [9.17, 15) is 0 Å². The van der Waals surface area contributed by atoms with Crippen LogP contribution >= 0.6 is 0 Å². The van der Waals surface area contributed by atoms with E-state index in [1.54, 1.807) is 0 Å². The summed E-state index contributed by atoms with van der Waals surface area (Å²) in [5.41, 5.74) is 0. The average molecular weight is 284 g/mol. The maximum absolute atomic E-state index is 8.42. The van der Waals surface area contributed by atoms with Gasteiger partial charge in [0.1, 0.15) is 0 Å². The Kier molecular flexibility index (Phi) is 24.5. The Morgan fingerprint density at radius 3 is 1.00 bits per heavy atom. The van der Waals surface area contributed by atoms with E-state index in [0.717, 1.165) is 0 Å². The number of hydrogen-bond acceptors (Lipinski definition) is 3. The Labute approximate surface area is 55.4 Å². The predicted octanol–water partition coefficient (Wildman–Crippen LogP) is -5.15.